The van der Waals surface area contributed by atoms with Gasteiger partial charge in [-0.1, -0.05) is 73.3 Å². The maximum Gasteiger partial charge on any atom is 1.00 e. The minimum Gasteiger partial charge on any atom is -0.337 e. The van der Waals surface area contributed by atoms with Gasteiger partial charge in [-0.05, 0) is 42.1 Å². The van der Waals surface area contributed by atoms with E-state index in [2.05, 4.69) is 70.0 Å². The Kier molecular flexibility index (Phi) is 14.7. The number of aldehydes is 1. The van der Waals surface area contributed by atoms with Gasteiger partial charge in [0, 0.05) is 30.9 Å². The summed E-state index contributed by atoms with van der Waals surface area (Å²) in [6, 6.07) is 21.1. The molecule has 0 amide bonds. The molecule has 0 bridgehead atoms. The predicted molar refractivity (Wildman–Crippen MR) is 136 cm³/mol. The van der Waals surface area contributed by atoms with Crippen LogP contribution in [0.3, 0.4) is 0 Å². The van der Waals surface area contributed by atoms with E-state index in [1.165, 1.54) is 22.2 Å². The van der Waals surface area contributed by atoms with Gasteiger partial charge in [0.15, 0.2) is 4.77 Å². The molecule has 3 unspecified atom stereocenters. The topological polar surface area (TPSA) is 73.6 Å². The van der Waals surface area contributed by atoms with Crippen molar-refractivity contribution in [3.05, 3.63) is 88.5 Å². The van der Waals surface area contributed by atoms with Crippen LogP contribution in [0.2, 0.25) is 0 Å². The van der Waals surface area contributed by atoms with Gasteiger partial charge in [-0.2, -0.15) is 5.26 Å². The maximum atomic E-state index is 10.5. The van der Waals surface area contributed by atoms with Gasteiger partial charge >= 0.3 is 51.4 Å². The van der Waals surface area contributed by atoms with Crippen LogP contribution < -0.4 is 56.7 Å². The number of thiocyanates is 1. The van der Waals surface area contributed by atoms with E-state index in [1.54, 1.807) is 0 Å². The quantitative estimate of drug-likeness (QED) is 0.161. The number of nitrogens with zero attached hydrogens (tertiary/aromatic N) is 2. The number of carbonyl (C=O) groups is 1. The second-order valence-corrected chi connectivity index (χ2v) is 8.19. The van der Waals surface area contributed by atoms with Crippen LogP contribution in [0.1, 0.15) is 35.1 Å². The van der Waals surface area contributed by atoms with E-state index in [0.29, 0.717) is 11.8 Å². The summed E-state index contributed by atoms with van der Waals surface area (Å²) in [7, 11) is 0. The number of thiol groups is 1. The first kappa shape index (κ1) is 30.3. The molecule has 3 atom stereocenters. The van der Waals surface area contributed by atoms with Crippen LogP contribution in [0.25, 0.3) is 0 Å². The zero-order valence-electron chi connectivity index (χ0n) is 18.6. The van der Waals surface area contributed by atoms with Crippen LogP contribution in [0.5, 0.6) is 0 Å². The van der Waals surface area contributed by atoms with Crippen molar-refractivity contribution >= 4 is 43.5 Å². The summed E-state index contributed by atoms with van der Waals surface area (Å²) in [5.74, 6) is 1.11. The third-order valence-electron chi connectivity index (χ3n) is 5.68. The van der Waals surface area contributed by atoms with Crippen LogP contribution in [0.15, 0.2) is 66.9 Å². The van der Waals surface area contributed by atoms with Gasteiger partial charge < -0.3 is 19.7 Å². The summed E-state index contributed by atoms with van der Waals surface area (Å²) in [5, 5.41) is 11.8. The third kappa shape index (κ3) is 8.77. The molecule has 1 aromatic heterocycles. The summed E-state index contributed by atoms with van der Waals surface area (Å²) in [4.78, 5) is 13.6. The van der Waals surface area contributed by atoms with Gasteiger partial charge in [-0.15, -0.1) is 12.4 Å². The second kappa shape index (κ2) is 16.0. The van der Waals surface area contributed by atoms with Crippen molar-refractivity contribution in [2.24, 2.45) is 0 Å². The summed E-state index contributed by atoms with van der Waals surface area (Å²) < 4.78 is 3.05. The van der Waals surface area contributed by atoms with Crippen molar-refractivity contribution in [2.75, 3.05) is 6.54 Å². The van der Waals surface area contributed by atoms with Gasteiger partial charge in [-0.3, -0.25) is 0 Å². The van der Waals surface area contributed by atoms with Crippen molar-refractivity contribution in [3.8, 4) is 5.40 Å². The van der Waals surface area contributed by atoms with Crippen LogP contribution in [-0.4, -0.2) is 28.4 Å². The first-order valence-electron chi connectivity index (χ1n) is 10.2. The number of benzene rings is 2. The Bertz CT molecular complexity index is 1070. The fourth-order valence-electron chi connectivity index (χ4n) is 4.14. The number of halogens is 1. The smallest absolute Gasteiger partial charge is 0.337 e. The Morgan fingerprint density at radius 2 is 1.61 bits per heavy atom. The molecule has 1 fully saturated rings. The average Bonchev–Trinajstić information content (AvgIpc) is 3.54. The zero-order valence-corrected chi connectivity index (χ0v) is 24.2. The molecule has 0 spiro atoms. The number of hydrogen-bond acceptors (Lipinski definition) is 5. The Morgan fingerprint density at radius 1 is 1.06 bits per heavy atom. The van der Waals surface area contributed by atoms with Crippen molar-refractivity contribution < 1.29 is 56.2 Å². The number of carbonyl (C=O) groups excluding carboxylic acids is 1. The molecule has 0 radical (unpaired) electrons. The fourth-order valence-corrected chi connectivity index (χ4v) is 4.39. The Hall–Kier alpha value is -0.734. The second-order valence-electron chi connectivity index (χ2n) is 7.60. The molecule has 3 heterocycles. The molecule has 9 heteroatoms. The van der Waals surface area contributed by atoms with E-state index >= 15 is 0 Å². The fraction of sp³-hybridized carbons (Fsp3) is 0.292. The SMILES string of the molecule is Cl.N#CS.O=CC1CC(c2ccccc2)CN1.S=c1[nH]cc2n1CC(c1ccccc1)C2.[K+]. The number of aromatic nitrogens is 2. The normalized spacial score (nSPS) is 19.7. The molecule has 168 valence electrons. The number of hydrogen-bond donors (Lipinski definition) is 3. The van der Waals surface area contributed by atoms with E-state index in [4.69, 9.17) is 17.5 Å². The third-order valence-corrected chi connectivity index (χ3v) is 6.02. The van der Waals surface area contributed by atoms with E-state index in [9.17, 15) is 4.79 Å². The standard InChI is InChI=1S/C12H12N2S.C11H13NO.CHNS.ClH.K/c15-12-13-7-11-6-10(8-14(11)12)9-4-2-1-3-5-9;13-8-11-6-10(7-12-11)9-4-2-1-3-5-9;2-1-3;;/h1-5,7,10H,6,8H2,(H,13,15);1-5,8,10-12H,6-7H2;3H;1H;/q;;;;+1. The number of fused-ring (bicyclic) bond motifs is 1. The van der Waals surface area contributed by atoms with E-state index in [-0.39, 0.29) is 69.8 Å². The molecular weight excluding hydrogens is 499 g/mol. The van der Waals surface area contributed by atoms with Crippen LogP contribution in [0, 0.1) is 15.4 Å². The summed E-state index contributed by atoms with van der Waals surface area (Å²) >= 11 is 8.32. The predicted octanol–water partition coefficient (Wildman–Crippen LogP) is 2.04. The maximum absolute atomic E-state index is 10.5. The van der Waals surface area contributed by atoms with Crippen molar-refractivity contribution in [1.29, 1.82) is 5.26 Å². The molecule has 5 nitrogen and oxygen atoms in total. The van der Waals surface area contributed by atoms with Crippen molar-refractivity contribution in [2.45, 2.75) is 37.3 Å². The number of aromatic amines is 1. The Balaban J connectivity index is 0.000000282. The molecule has 2 aromatic carbocycles. The first-order chi connectivity index (χ1) is 15.2. The largest absolute Gasteiger partial charge is 1.00 e. The van der Waals surface area contributed by atoms with Gasteiger partial charge in [0.2, 0.25) is 0 Å². The summed E-state index contributed by atoms with van der Waals surface area (Å²) in [5.41, 5.74) is 4.07. The van der Waals surface area contributed by atoms with Crippen LogP contribution >= 0.6 is 37.3 Å². The van der Waals surface area contributed by atoms with Crippen LogP contribution in [0.4, 0.5) is 0 Å². The van der Waals surface area contributed by atoms with Gasteiger partial charge in [0.1, 0.15) is 11.7 Å². The van der Waals surface area contributed by atoms with Gasteiger partial charge in [0.05, 0.1) is 6.04 Å². The van der Waals surface area contributed by atoms with Crippen molar-refractivity contribution in [3.63, 3.8) is 0 Å². The number of H-pyrrole nitrogens is 1. The van der Waals surface area contributed by atoms with E-state index < -0.39 is 0 Å². The number of nitrogens with one attached hydrogen (secondary N) is 2. The molecule has 0 aliphatic carbocycles. The monoisotopic (exact) mass is 525 g/mol. The molecule has 0 saturated carbocycles. The number of imidazole rings is 1. The van der Waals surface area contributed by atoms with Gasteiger partial charge in [0.25, 0.3) is 0 Å². The number of nitriles is 1. The zero-order chi connectivity index (χ0) is 22.1. The average molecular weight is 526 g/mol. The molecule has 2 N–H and O–H groups in total. The minimum absolute atomic E-state index is 0. The van der Waals surface area contributed by atoms with E-state index in [0.717, 1.165) is 37.0 Å². The Morgan fingerprint density at radius 3 is 2.09 bits per heavy atom. The van der Waals surface area contributed by atoms with E-state index in [1.807, 2.05) is 24.4 Å². The molecule has 1 saturated heterocycles. The number of rotatable bonds is 3. The van der Waals surface area contributed by atoms with Crippen molar-refractivity contribution in [1.82, 2.24) is 14.9 Å². The molecule has 5 rings (SSSR count). The molecular formula is C24H27ClKN4OS2+. The van der Waals surface area contributed by atoms with Gasteiger partial charge in [-0.25, -0.2) is 0 Å². The summed E-state index contributed by atoms with van der Waals surface area (Å²) in [6.07, 6.45) is 5.07. The molecule has 33 heavy (non-hydrogen) atoms. The van der Waals surface area contributed by atoms with Crippen LogP contribution in [-0.2, 0) is 17.8 Å². The summed E-state index contributed by atoms with van der Waals surface area (Å²) in [6.45, 7) is 1.94. The molecule has 2 aliphatic rings. The minimum atomic E-state index is 0. The first-order valence-corrected chi connectivity index (χ1v) is 11.1. The Labute approximate surface area is 254 Å². The molecule has 3 aromatic rings. The molecule has 2 aliphatic heterocycles.